The largest absolute Gasteiger partial charge is 0.301 e. The van der Waals surface area contributed by atoms with Crippen molar-refractivity contribution < 1.29 is 8.42 Å². The van der Waals surface area contributed by atoms with Gasteiger partial charge in [-0.05, 0) is 22.0 Å². The molecule has 1 N–H and O–H groups in total. The van der Waals surface area contributed by atoms with Gasteiger partial charge in [-0.15, -0.1) is 0 Å². The summed E-state index contributed by atoms with van der Waals surface area (Å²) in [4.78, 5) is 3.86. The van der Waals surface area contributed by atoms with Crippen LogP contribution in [0.15, 0.2) is 22.9 Å². The lowest BCUT2D eigenvalue weighted by atomic mass is 10.4. The highest BCUT2D eigenvalue weighted by atomic mass is 79.9. The third kappa shape index (κ3) is 3.16. The Morgan fingerprint density at radius 1 is 1.44 bits per heavy atom. The quantitative estimate of drug-likeness (QED) is 0.903. The van der Waals surface area contributed by atoms with E-state index in [4.69, 9.17) is 0 Å². The standard InChI is InChI=1S/C9H14BrN3O2S/c1-3-13(4-2)16(14,15)12-9-5-6-11-7-8(9)10/h5-7H,3-4H2,1-2H3,(H,11,12). The van der Waals surface area contributed by atoms with E-state index in [1.54, 1.807) is 26.1 Å². The summed E-state index contributed by atoms with van der Waals surface area (Å²) in [5.74, 6) is 0. The van der Waals surface area contributed by atoms with Crippen molar-refractivity contribution in [2.45, 2.75) is 13.8 Å². The summed E-state index contributed by atoms with van der Waals surface area (Å²) in [5.41, 5.74) is 0.488. The van der Waals surface area contributed by atoms with Crippen LogP contribution in [0.5, 0.6) is 0 Å². The van der Waals surface area contributed by atoms with Gasteiger partial charge >= 0.3 is 10.2 Å². The molecule has 5 nitrogen and oxygen atoms in total. The first-order valence-corrected chi connectivity index (χ1v) is 7.12. The van der Waals surface area contributed by atoms with E-state index in [2.05, 4.69) is 25.6 Å². The molecular weight excluding hydrogens is 294 g/mol. The maximum Gasteiger partial charge on any atom is 0.301 e. The number of nitrogens with zero attached hydrogens (tertiary/aromatic N) is 2. The van der Waals surface area contributed by atoms with E-state index in [0.29, 0.717) is 23.2 Å². The van der Waals surface area contributed by atoms with Crippen LogP contribution >= 0.6 is 15.9 Å². The molecule has 1 heterocycles. The molecule has 1 aromatic rings. The molecular formula is C9H14BrN3O2S. The zero-order valence-electron chi connectivity index (χ0n) is 9.14. The van der Waals surface area contributed by atoms with E-state index in [9.17, 15) is 8.42 Å². The van der Waals surface area contributed by atoms with Crippen LogP contribution < -0.4 is 4.72 Å². The average Bonchev–Trinajstić information content (AvgIpc) is 2.22. The highest BCUT2D eigenvalue weighted by Gasteiger charge is 2.19. The molecule has 0 unspecified atom stereocenters. The van der Waals surface area contributed by atoms with E-state index >= 15 is 0 Å². The Balaban J connectivity index is 2.93. The van der Waals surface area contributed by atoms with Crippen LogP contribution in [0.3, 0.4) is 0 Å². The van der Waals surface area contributed by atoms with E-state index in [-0.39, 0.29) is 0 Å². The molecule has 0 radical (unpaired) electrons. The monoisotopic (exact) mass is 307 g/mol. The third-order valence-corrected chi connectivity index (χ3v) is 4.36. The predicted octanol–water partition coefficient (Wildman–Crippen LogP) is 1.84. The van der Waals surface area contributed by atoms with Gasteiger partial charge in [0.15, 0.2) is 0 Å². The van der Waals surface area contributed by atoms with Gasteiger partial charge in [-0.1, -0.05) is 13.8 Å². The minimum atomic E-state index is -3.47. The Bertz CT molecular complexity index is 446. The van der Waals surface area contributed by atoms with E-state index < -0.39 is 10.2 Å². The maximum absolute atomic E-state index is 11.9. The molecule has 0 aromatic carbocycles. The first-order chi connectivity index (χ1) is 7.51. The number of hydrogen-bond donors (Lipinski definition) is 1. The van der Waals surface area contributed by atoms with Crippen molar-refractivity contribution in [1.82, 2.24) is 9.29 Å². The molecule has 90 valence electrons. The lowest BCUT2D eigenvalue weighted by Crippen LogP contribution is -2.35. The summed E-state index contributed by atoms with van der Waals surface area (Å²) in [6, 6.07) is 1.60. The number of rotatable bonds is 5. The second kappa shape index (κ2) is 5.60. The number of nitrogens with one attached hydrogen (secondary N) is 1. The average molecular weight is 308 g/mol. The van der Waals surface area contributed by atoms with Crippen LogP contribution in [0, 0.1) is 0 Å². The van der Waals surface area contributed by atoms with Gasteiger partial charge in [0.05, 0.1) is 10.2 Å². The van der Waals surface area contributed by atoms with Crippen molar-refractivity contribution in [2.75, 3.05) is 17.8 Å². The van der Waals surface area contributed by atoms with Crippen LogP contribution in [-0.2, 0) is 10.2 Å². The zero-order valence-corrected chi connectivity index (χ0v) is 11.5. The van der Waals surface area contributed by atoms with Gasteiger partial charge in [0.1, 0.15) is 0 Å². The highest BCUT2D eigenvalue weighted by Crippen LogP contribution is 2.21. The highest BCUT2D eigenvalue weighted by molar-refractivity contribution is 9.10. The molecule has 0 aliphatic carbocycles. The summed E-state index contributed by atoms with van der Waals surface area (Å²) in [5, 5.41) is 0. The lowest BCUT2D eigenvalue weighted by molar-refractivity contribution is 0.449. The molecule has 1 rings (SSSR count). The summed E-state index contributed by atoms with van der Waals surface area (Å²) in [6.07, 6.45) is 3.07. The molecule has 0 saturated carbocycles. The number of halogens is 1. The lowest BCUT2D eigenvalue weighted by Gasteiger charge is -2.19. The van der Waals surface area contributed by atoms with Crippen molar-refractivity contribution >= 4 is 31.8 Å². The van der Waals surface area contributed by atoms with Gasteiger partial charge < -0.3 is 0 Å². The first-order valence-electron chi connectivity index (χ1n) is 4.88. The minimum absolute atomic E-state index is 0.439. The van der Waals surface area contributed by atoms with Gasteiger partial charge in [0.25, 0.3) is 0 Å². The molecule has 16 heavy (non-hydrogen) atoms. The smallest absolute Gasteiger partial charge is 0.270 e. The fourth-order valence-corrected chi connectivity index (χ4v) is 2.97. The van der Waals surface area contributed by atoms with Crippen LogP contribution in [0.2, 0.25) is 0 Å². The molecule has 0 atom stereocenters. The molecule has 0 aliphatic rings. The van der Waals surface area contributed by atoms with Crippen molar-refractivity contribution in [2.24, 2.45) is 0 Å². The molecule has 7 heteroatoms. The van der Waals surface area contributed by atoms with E-state index in [1.807, 2.05) is 0 Å². The molecule has 0 aliphatic heterocycles. The van der Waals surface area contributed by atoms with Crippen molar-refractivity contribution in [1.29, 1.82) is 0 Å². The Kier molecular flexibility index (Phi) is 4.69. The molecule has 0 fully saturated rings. The van der Waals surface area contributed by atoms with Gasteiger partial charge in [-0.3, -0.25) is 9.71 Å². The Morgan fingerprint density at radius 3 is 2.56 bits per heavy atom. The fraction of sp³-hybridized carbons (Fsp3) is 0.444. The Hall–Kier alpha value is -0.660. The molecule has 0 amide bonds. The molecule has 0 bridgehead atoms. The number of hydrogen-bond acceptors (Lipinski definition) is 3. The number of pyridine rings is 1. The SMILES string of the molecule is CCN(CC)S(=O)(=O)Nc1ccncc1Br. The van der Waals surface area contributed by atoms with Crippen molar-refractivity contribution in [3.63, 3.8) is 0 Å². The van der Waals surface area contributed by atoms with Gasteiger partial charge in [0, 0.05) is 25.5 Å². The van der Waals surface area contributed by atoms with E-state index in [1.165, 1.54) is 10.5 Å². The van der Waals surface area contributed by atoms with Gasteiger partial charge in [0.2, 0.25) is 0 Å². The normalized spacial score (nSPS) is 11.8. The minimum Gasteiger partial charge on any atom is -0.270 e. The van der Waals surface area contributed by atoms with Crippen LogP contribution in [-0.4, -0.2) is 30.8 Å². The van der Waals surface area contributed by atoms with Crippen molar-refractivity contribution in [3.05, 3.63) is 22.9 Å². The second-order valence-corrected chi connectivity index (χ2v) is 5.57. The second-order valence-electron chi connectivity index (χ2n) is 3.05. The first kappa shape index (κ1) is 13.4. The summed E-state index contributed by atoms with van der Waals surface area (Å²) in [7, 11) is -3.47. The third-order valence-electron chi connectivity index (χ3n) is 2.06. The molecule has 0 saturated heterocycles. The topological polar surface area (TPSA) is 62.3 Å². The van der Waals surface area contributed by atoms with Crippen molar-refractivity contribution in [3.8, 4) is 0 Å². The zero-order chi connectivity index (χ0) is 12.2. The van der Waals surface area contributed by atoms with Crippen LogP contribution in [0.4, 0.5) is 5.69 Å². The van der Waals surface area contributed by atoms with Crippen LogP contribution in [0.25, 0.3) is 0 Å². The Morgan fingerprint density at radius 2 is 2.06 bits per heavy atom. The van der Waals surface area contributed by atoms with E-state index in [0.717, 1.165) is 0 Å². The number of aromatic nitrogens is 1. The summed E-state index contributed by atoms with van der Waals surface area (Å²) >= 11 is 3.23. The molecule has 0 spiro atoms. The molecule has 1 aromatic heterocycles. The predicted molar refractivity (Wildman–Crippen MR) is 67.4 cm³/mol. The maximum atomic E-state index is 11.9. The summed E-state index contributed by atoms with van der Waals surface area (Å²) < 4.78 is 28.2. The summed E-state index contributed by atoms with van der Waals surface area (Å²) in [6.45, 7) is 4.47. The number of anilines is 1. The van der Waals surface area contributed by atoms with Gasteiger partial charge in [-0.25, -0.2) is 0 Å². The Labute approximate surface area is 104 Å². The van der Waals surface area contributed by atoms with Crippen LogP contribution in [0.1, 0.15) is 13.8 Å². The fourth-order valence-electron chi connectivity index (χ4n) is 1.22. The van der Waals surface area contributed by atoms with Gasteiger partial charge in [-0.2, -0.15) is 12.7 Å².